The highest BCUT2D eigenvalue weighted by Crippen LogP contribution is 2.27. The number of aliphatic carboxylic acids is 1. The molecule has 0 saturated heterocycles. The lowest BCUT2D eigenvalue weighted by atomic mass is 9.87. The number of amides is 1. The molecule has 1 unspecified atom stereocenters. The summed E-state index contributed by atoms with van der Waals surface area (Å²) in [6.45, 7) is 4.78. The molecule has 1 aromatic rings. The Morgan fingerprint density at radius 3 is 2.56 bits per heavy atom. The Morgan fingerprint density at radius 1 is 1.24 bits per heavy atom. The molecular formula is C17H27N5O3. The maximum Gasteiger partial charge on any atom is 0.322 e. The Bertz CT molecular complexity index is 651. The normalized spacial score (nSPS) is 26.9. The van der Waals surface area contributed by atoms with E-state index in [0.717, 1.165) is 37.4 Å². The van der Waals surface area contributed by atoms with E-state index in [1.165, 1.54) is 0 Å². The van der Waals surface area contributed by atoms with Gasteiger partial charge < -0.3 is 14.6 Å². The van der Waals surface area contributed by atoms with E-state index >= 15 is 0 Å². The number of fused-ring (bicyclic) bond motifs is 1. The Morgan fingerprint density at radius 2 is 1.92 bits per heavy atom. The number of rotatable bonds is 4. The fourth-order valence-electron chi connectivity index (χ4n) is 3.88. The fraction of sp³-hybridized carbons (Fsp3) is 0.765. The predicted octanol–water partition coefficient (Wildman–Crippen LogP) is 0.892. The molecule has 1 aliphatic heterocycles. The van der Waals surface area contributed by atoms with Crippen molar-refractivity contribution >= 4 is 11.9 Å². The lowest BCUT2D eigenvalue weighted by Crippen LogP contribution is -2.52. The summed E-state index contributed by atoms with van der Waals surface area (Å²) in [5.41, 5.74) is 0. The second-order valence-electron chi connectivity index (χ2n) is 7.45. The van der Waals surface area contributed by atoms with Crippen LogP contribution in [0.2, 0.25) is 0 Å². The first kappa shape index (κ1) is 17.8. The van der Waals surface area contributed by atoms with Crippen LogP contribution >= 0.6 is 0 Å². The van der Waals surface area contributed by atoms with Crippen LogP contribution in [0.25, 0.3) is 0 Å². The lowest BCUT2D eigenvalue weighted by Gasteiger charge is -2.37. The summed E-state index contributed by atoms with van der Waals surface area (Å²) in [4.78, 5) is 27.9. The van der Waals surface area contributed by atoms with Crippen molar-refractivity contribution in [3.63, 3.8) is 0 Å². The summed E-state index contributed by atoms with van der Waals surface area (Å²) in [5.74, 6) is 1.22. The molecule has 8 heteroatoms. The fourth-order valence-corrected chi connectivity index (χ4v) is 3.88. The number of carbonyl (C=O) groups excluding carboxylic acids is 1. The molecule has 3 rings (SSSR count). The molecule has 0 bridgehead atoms. The monoisotopic (exact) mass is 349 g/mol. The number of nitrogens with zero attached hydrogens (tertiary/aromatic N) is 5. The summed E-state index contributed by atoms with van der Waals surface area (Å²) in [7, 11) is 1.84. The van der Waals surface area contributed by atoms with Gasteiger partial charge in [0.1, 0.15) is 17.7 Å². The molecule has 1 aromatic heterocycles. The van der Waals surface area contributed by atoms with Gasteiger partial charge in [-0.15, -0.1) is 10.2 Å². The van der Waals surface area contributed by atoms with Crippen molar-refractivity contribution in [2.75, 3.05) is 13.6 Å². The molecule has 138 valence electrons. The van der Waals surface area contributed by atoms with Gasteiger partial charge in [0.25, 0.3) is 0 Å². The molecule has 2 aliphatic rings. The third-order valence-corrected chi connectivity index (χ3v) is 5.70. The van der Waals surface area contributed by atoms with Crippen LogP contribution in [0.1, 0.15) is 44.3 Å². The van der Waals surface area contributed by atoms with E-state index in [0.29, 0.717) is 12.4 Å². The minimum atomic E-state index is -0.916. The van der Waals surface area contributed by atoms with Crippen LogP contribution in [0.3, 0.4) is 0 Å². The van der Waals surface area contributed by atoms with Crippen LogP contribution in [0.15, 0.2) is 0 Å². The van der Waals surface area contributed by atoms with Crippen molar-refractivity contribution in [3.8, 4) is 0 Å². The molecule has 1 saturated carbocycles. The van der Waals surface area contributed by atoms with Crippen LogP contribution in [0, 0.1) is 12.8 Å². The summed E-state index contributed by atoms with van der Waals surface area (Å²) in [5, 5.41) is 17.7. The predicted molar refractivity (Wildman–Crippen MR) is 90.8 cm³/mol. The maximum absolute atomic E-state index is 12.7. The first-order chi connectivity index (χ1) is 11.9. The zero-order valence-electron chi connectivity index (χ0n) is 15.2. The van der Waals surface area contributed by atoms with Gasteiger partial charge >= 0.3 is 5.97 Å². The smallest absolute Gasteiger partial charge is 0.322 e. The molecule has 0 spiro atoms. The maximum atomic E-state index is 12.7. The van der Waals surface area contributed by atoms with E-state index in [9.17, 15) is 14.7 Å². The highest BCUT2D eigenvalue weighted by molar-refractivity contribution is 5.80. The summed E-state index contributed by atoms with van der Waals surface area (Å²) in [6, 6.07) is -0.464. The topological polar surface area (TPSA) is 91.6 Å². The zero-order chi connectivity index (χ0) is 18.1. The SMILES string of the molecule is Cc1nnc2n1CC(C(=O)O)N(CC(=O)N(C)C1CCC(C)CC1)C2. The van der Waals surface area contributed by atoms with Gasteiger partial charge in [-0.2, -0.15) is 0 Å². The minimum absolute atomic E-state index is 0.0181. The Kier molecular flexibility index (Phi) is 5.08. The number of hydrogen-bond acceptors (Lipinski definition) is 5. The number of carboxylic acid groups (broad SMARTS) is 1. The molecular weight excluding hydrogens is 322 g/mol. The van der Waals surface area contributed by atoms with Crippen molar-refractivity contribution in [1.82, 2.24) is 24.6 Å². The van der Waals surface area contributed by atoms with Crippen LogP contribution in [-0.4, -0.2) is 67.2 Å². The molecule has 1 atom stereocenters. The number of hydrogen-bond donors (Lipinski definition) is 1. The van der Waals surface area contributed by atoms with Gasteiger partial charge in [0.2, 0.25) is 5.91 Å². The zero-order valence-corrected chi connectivity index (χ0v) is 15.2. The summed E-state index contributed by atoms with van der Waals surface area (Å²) < 4.78 is 1.83. The van der Waals surface area contributed by atoms with E-state index in [2.05, 4.69) is 17.1 Å². The Hall–Kier alpha value is -1.96. The second kappa shape index (κ2) is 7.11. The number of aryl methyl sites for hydroxylation is 1. The van der Waals surface area contributed by atoms with Crippen molar-refractivity contribution in [2.24, 2.45) is 5.92 Å². The molecule has 0 aromatic carbocycles. The standard InChI is InChI=1S/C17H27N5O3/c1-11-4-6-13(7-5-11)20(3)16(23)10-21-9-15-19-18-12(2)22(15)8-14(21)17(24)25/h11,13-14H,4-10H2,1-3H3,(H,24,25). The van der Waals surface area contributed by atoms with Crippen LogP contribution in [-0.2, 0) is 22.7 Å². The highest BCUT2D eigenvalue weighted by atomic mass is 16.4. The van der Waals surface area contributed by atoms with Crippen molar-refractivity contribution in [3.05, 3.63) is 11.6 Å². The third-order valence-electron chi connectivity index (χ3n) is 5.70. The molecule has 1 N–H and O–H groups in total. The summed E-state index contributed by atoms with van der Waals surface area (Å²) >= 11 is 0. The van der Waals surface area contributed by atoms with E-state index in [1.54, 1.807) is 4.90 Å². The number of likely N-dealkylation sites (N-methyl/N-ethyl adjacent to an activating group) is 1. The van der Waals surface area contributed by atoms with Gasteiger partial charge in [-0.1, -0.05) is 6.92 Å². The van der Waals surface area contributed by atoms with Gasteiger partial charge in [0.05, 0.1) is 19.6 Å². The molecule has 1 amide bonds. The van der Waals surface area contributed by atoms with Gasteiger partial charge in [0.15, 0.2) is 0 Å². The third kappa shape index (κ3) is 3.68. The molecule has 0 radical (unpaired) electrons. The van der Waals surface area contributed by atoms with Crippen LogP contribution < -0.4 is 0 Å². The number of aromatic nitrogens is 3. The van der Waals surface area contributed by atoms with Gasteiger partial charge in [-0.05, 0) is 38.5 Å². The first-order valence-corrected chi connectivity index (χ1v) is 8.98. The summed E-state index contributed by atoms with van der Waals surface area (Å²) in [6.07, 6.45) is 4.34. The van der Waals surface area contributed by atoms with Crippen molar-refractivity contribution in [1.29, 1.82) is 0 Å². The molecule has 8 nitrogen and oxygen atoms in total. The molecule has 1 aliphatic carbocycles. The van der Waals surface area contributed by atoms with Crippen molar-refractivity contribution < 1.29 is 14.7 Å². The van der Waals surface area contributed by atoms with E-state index in [1.807, 2.05) is 23.4 Å². The molecule has 2 heterocycles. The van der Waals surface area contributed by atoms with Gasteiger partial charge in [0, 0.05) is 13.1 Å². The number of carboxylic acids is 1. The van der Waals surface area contributed by atoms with E-state index in [4.69, 9.17) is 0 Å². The van der Waals surface area contributed by atoms with Crippen LogP contribution in [0.5, 0.6) is 0 Å². The Labute approximate surface area is 147 Å². The van der Waals surface area contributed by atoms with Gasteiger partial charge in [-0.3, -0.25) is 14.5 Å². The lowest BCUT2D eigenvalue weighted by molar-refractivity contribution is -0.147. The van der Waals surface area contributed by atoms with Crippen LogP contribution in [0.4, 0.5) is 0 Å². The quantitative estimate of drug-likeness (QED) is 0.868. The van der Waals surface area contributed by atoms with E-state index < -0.39 is 12.0 Å². The largest absolute Gasteiger partial charge is 0.480 e. The average Bonchev–Trinajstić information content (AvgIpc) is 2.94. The first-order valence-electron chi connectivity index (χ1n) is 8.98. The minimum Gasteiger partial charge on any atom is -0.480 e. The highest BCUT2D eigenvalue weighted by Gasteiger charge is 2.35. The Balaban J connectivity index is 1.67. The molecule has 25 heavy (non-hydrogen) atoms. The second-order valence-corrected chi connectivity index (χ2v) is 7.45. The van der Waals surface area contributed by atoms with Gasteiger partial charge in [-0.25, -0.2) is 0 Å². The number of carbonyl (C=O) groups is 2. The van der Waals surface area contributed by atoms with Crippen molar-refractivity contribution in [2.45, 2.75) is 64.7 Å². The van der Waals surface area contributed by atoms with E-state index in [-0.39, 0.29) is 25.0 Å². The average molecular weight is 349 g/mol. The molecule has 1 fully saturated rings.